The molecule has 0 amide bonds. The van der Waals surface area contributed by atoms with Gasteiger partial charge in [-0.25, -0.2) is 9.37 Å². The van der Waals surface area contributed by atoms with Crippen molar-refractivity contribution in [3.05, 3.63) is 56.4 Å². The van der Waals surface area contributed by atoms with Crippen molar-refractivity contribution < 1.29 is 14.1 Å². The Labute approximate surface area is 128 Å². The van der Waals surface area contributed by atoms with Crippen LogP contribution in [0.2, 0.25) is 0 Å². The van der Waals surface area contributed by atoms with E-state index < -0.39 is 10.7 Å². The Hall–Kier alpha value is -2.06. The van der Waals surface area contributed by atoms with Gasteiger partial charge in [0.1, 0.15) is 5.82 Å². The molecule has 0 spiro atoms. The molecule has 0 saturated heterocycles. The molecule has 0 bridgehead atoms. The first-order chi connectivity index (χ1) is 10.0. The number of nitro benzene ring substituents is 1. The zero-order valence-corrected chi connectivity index (χ0v) is 12.6. The molecule has 2 aromatic rings. The van der Waals surface area contributed by atoms with E-state index in [0.29, 0.717) is 6.54 Å². The highest BCUT2D eigenvalue weighted by Crippen LogP contribution is 2.34. The minimum atomic E-state index is -0.651. The van der Waals surface area contributed by atoms with Gasteiger partial charge in [-0.15, -0.1) is 0 Å². The Bertz CT molecular complexity index is 664. The Morgan fingerprint density at radius 3 is 2.81 bits per heavy atom. The maximum absolute atomic E-state index is 13.5. The summed E-state index contributed by atoms with van der Waals surface area (Å²) in [7, 11) is 1.80. The first-order valence-electron chi connectivity index (χ1n) is 5.92. The quantitative estimate of drug-likeness (QED) is 0.656. The van der Waals surface area contributed by atoms with Crippen LogP contribution in [0.3, 0.4) is 0 Å². The number of hydrogen-bond acceptors (Lipinski definition) is 5. The molecule has 110 valence electrons. The number of halogens is 2. The molecule has 1 aromatic carbocycles. The maximum atomic E-state index is 13.5. The van der Waals surface area contributed by atoms with Gasteiger partial charge in [-0.2, -0.15) is 0 Å². The molecule has 2 rings (SSSR count). The van der Waals surface area contributed by atoms with Gasteiger partial charge in [-0.05, 0) is 28.5 Å². The smallest absolute Gasteiger partial charge is 0.312 e. The predicted octanol–water partition coefficient (Wildman–Crippen LogP) is 3.40. The minimum absolute atomic E-state index is 0.00104. The largest absolute Gasteiger partial charge is 0.432 e. The van der Waals surface area contributed by atoms with E-state index in [-0.39, 0.29) is 21.8 Å². The molecule has 0 aliphatic heterocycles. The maximum Gasteiger partial charge on any atom is 0.312 e. The van der Waals surface area contributed by atoms with E-state index >= 15 is 0 Å². The summed E-state index contributed by atoms with van der Waals surface area (Å²) < 4.78 is 18.8. The molecule has 1 aromatic heterocycles. The highest BCUT2D eigenvalue weighted by atomic mass is 79.9. The van der Waals surface area contributed by atoms with Crippen LogP contribution in [0, 0.1) is 15.9 Å². The molecule has 1 N–H and O–H groups in total. The Morgan fingerprint density at radius 1 is 1.48 bits per heavy atom. The van der Waals surface area contributed by atoms with Crippen molar-refractivity contribution in [2.24, 2.45) is 0 Å². The van der Waals surface area contributed by atoms with Gasteiger partial charge in [0.2, 0.25) is 11.6 Å². The third-order valence-electron chi connectivity index (χ3n) is 2.59. The van der Waals surface area contributed by atoms with Gasteiger partial charge in [0, 0.05) is 30.9 Å². The van der Waals surface area contributed by atoms with Gasteiger partial charge in [-0.3, -0.25) is 10.1 Å². The molecule has 8 heteroatoms. The molecule has 1 heterocycles. The van der Waals surface area contributed by atoms with E-state index in [1.165, 1.54) is 0 Å². The van der Waals surface area contributed by atoms with Crippen molar-refractivity contribution in [2.75, 3.05) is 7.05 Å². The van der Waals surface area contributed by atoms with Crippen molar-refractivity contribution >= 4 is 21.6 Å². The van der Waals surface area contributed by atoms with Gasteiger partial charge in [-0.1, -0.05) is 6.07 Å². The summed E-state index contributed by atoms with van der Waals surface area (Å²) in [4.78, 5) is 14.4. The molecular weight excluding hydrogens is 345 g/mol. The number of aromatic nitrogens is 1. The van der Waals surface area contributed by atoms with Gasteiger partial charge < -0.3 is 10.1 Å². The predicted molar refractivity (Wildman–Crippen MR) is 77.8 cm³/mol. The standard InChI is InChI=1S/C13H11BrFN3O3/c1-16-6-8-2-3-13(17-7-8)21-12-5-10(15)9(14)4-11(12)18(19)20/h2-5,7,16H,6H2,1H3. The second-order valence-electron chi connectivity index (χ2n) is 4.13. The first kappa shape index (κ1) is 15.3. The van der Waals surface area contributed by atoms with Crippen molar-refractivity contribution in [2.45, 2.75) is 6.54 Å². The van der Waals surface area contributed by atoms with Crippen molar-refractivity contribution in [1.82, 2.24) is 10.3 Å². The third kappa shape index (κ3) is 3.73. The number of nitro groups is 1. The van der Waals surface area contributed by atoms with Crippen LogP contribution >= 0.6 is 15.9 Å². The molecule has 0 saturated carbocycles. The van der Waals surface area contributed by atoms with Crippen LogP contribution in [-0.4, -0.2) is 17.0 Å². The number of benzene rings is 1. The number of nitrogens with zero attached hydrogens (tertiary/aromatic N) is 2. The molecule has 0 unspecified atom stereocenters. The fraction of sp³-hybridized carbons (Fsp3) is 0.154. The van der Waals surface area contributed by atoms with E-state index in [2.05, 4.69) is 26.2 Å². The Balaban J connectivity index is 2.30. The van der Waals surface area contributed by atoms with Crippen LogP contribution in [-0.2, 0) is 6.54 Å². The summed E-state index contributed by atoms with van der Waals surface area (Å²) in [6, 6.07) is 5.33. The number of hydrogen-bond donors (Lipinski definition) is 1. The average Bonchev–Trinajstić information content (AvgIpc) is 2.44. The van der Waals surface area contributed by atoms with Crippen molar-refractivity contribution in [3.8, 4) is 11.6 Å². The summed E-state index contributed by atoms with van der Waals surface area (Å²) >= 11 is 2.90. The van der Waals surface area contributed by atoms with E-state index in [0.717, 1.165) is 17.7 Å². The van der Waals surface area contributed by atoms with E-state index in [9.17, 15) is 14.5 Å². The number of nitrogens with one attached hydrogen (secondary N) is 1. The number of pyridine rings is 1. The molecule has 0 fully saturated rings. The van der Waals surface area contributed by atoms with Crippen LogP contribution in [0.25, 0.3) is 0 Å². The molecule has 0 aliphatic carbocycles. The van der Waals surface area contributed by atoms with Crippen LogP contribution in [0.4, 0.5) is 10.1 Å². The highest BCUT2D eigenvalue weighted by Gasteiger charge is 2.20. The summed E-state index contributed by atoms with van der Waals surface area (Å²) in [5.74, 6) is -0.698. The fourth-order valence-electron chi connectivity index (χ4n) is 1.64. The lowest BCUT2D eigenvalue weighted by atomic mass is 10.3. The normalized spacial score (nSPS) is 10.4. The summed E-state index contributed by atoms with van der Waals surface area (Å²) in [5, 5.41) is 13.9. The van der Waals surface area contributed by atoms with E-state index in [1.807, 2.05) is 0 Å². The summed E-state index contributed by atoms with van der Waals surface area (Å²) in [6.45, 7) is 0.639. The molecule has 0 atom stereocenters. The summed E-state index contributed by atoms with van der Waals surface area (Å²) in [5.41, 5.74) is 0.589. The lowest BCUT2D eigenvalue weighted by Crippen LogP contribution is -2.05. The molecule has 0 radical (unpaired) electrons. The lowest BCUT2D eigenvalue weighted by Gasteiger charge is -2.07. The van der Waals surface area contributed by atoms with Crippen LogP contribution in [0.5, 0.6) is 11.6 Å². The first-order valence-corrected chi connectivity index (χ1v) is 6.71. The second-order valence-corrected chi connectivity index (χ2v) is 4.98. The second kappa shape index (κ2) is 6.59. The van der Waals surface area contributed by atoms with Crippen LogP contribution in [0.1, 0.15) is 5.56 Å². The topological polar surface area (TPSA) is 77.3 Å². The Kier molecular flexibility index (Phi) is 4.81. The SMILES string of the molecule is CNCc1ccc(Oc2cc(F)c(Br)cc2[N+](=O)[O-])nc1. The van der Waals surface area contributed by atoms with E-state index in [4.69, 9.17) is 4.74 Å². The average molecular weight is 356 g/mol. The monoisotopic (exact) mass is 355 g/mol. The van der Waals surface area contributed by atoms with Gasteiger partial charge in [0.05, 0.1) is 9.40 Å². The van der Waals surface area contributed by atoms with Gasteiger partial charge in [0.15, 0.2) is 0 Å². The molecule has 21 heavy (non-hydrogen) atoms. The minimum Gasteiger partial charge on any atom is -0.432 e. The van der Waals surface area contributed by atoms with Crippen molar-refractivity contribution in [3.63, 3.8) is 0 Å². The third-order valence-corrected chi connectivity index (χ3v) is 3.20. The fourth-order valence-corrected chi connectivity index (χ4v) is 1.97. The molecule has 0 aliphatic rings. The van der Waals surface area contributed by atoms with Crippen LogP contribution < -0.4 is 10.1 Å². The van der Waals surface area contributed by atoms with Crippen LogP contribution in [0.15, 0.2) is 34.9 Å². The molecule has 6 nitrogen and oxygen atoms in total. The van der Waals surface area contributed by atoms with Crippen molar-refractivity contribution in [1.29, 1.82) is 0 Å². The highest BCUT2D eigenvalue weighted by molar-refractivity contribution is 9.10. The molecular formula is C13H11BrFN3O3. The van der Waals surface area contributed by atoms with E-state index in [1.54, 1.807) is 25.4 Å². The Morgan fingerprint density at radius 2 is 2.24 bits per heavy atom. The number of rotatable bonds is 5. The lowest BCUT2D eigenvalue weighted by molar-refractivity contribution is -0.385. The summed E-state index contributed by atoms with van der Waals surface area (Å²) in [6.07, 6.45) is 1.58. The zero-order chi connectivity index (χ0) is 15.4. The van der Waals surface area contributed by atoms with Gasteiger partial charge >= 0.3 is 5.69 Å². The number of ether oxygens (including phenoxy) is 1. The zero-order valence-electron chi connectivity index (χ0n) is 11.0. The van der Waals surface area contributed by atoms with Gasteiger partial charge in [0.25, 0.3) is 0 Å².